The SMILES string of the molecule is CCCCN(C)c1ccc(NC(=O)C(C)(C)C)cn1. The third-order valence-electron chi connectivity index (χ3n) is 2.93. The molecule has 0 atom stereocenters. The van der Waals surface area contributed by atoms with Crippen molar-refractivity contribution in [3.05, 3.63) is 18.3 Å². The Morgan fingerprint density at radius 1 is 1.37 bits per heavy atom. The number of rotatable bonds is 5. The summed E-state index contributed by atoms with van der Waals surface area (Å²) in [7, 11) is 2.03. The highest BCUT2D eigenvalue weighted by Gasteiger charge is 2.21. The molecule has 19 heavy (non-hydrogen) atoms. The van der Waals surface area contributed by atoms with Crippen molar-refractivity contribution in [2.75, 3.05) is 23.8 Å². The van der Waals surface area contributed by atoms with E-state index in [2.05, 4.69) is 22.1 Å². The van der Waals surface area contributed by atoms with E-state index >= 15 is 0 Å². The minimum absolute atomic E-state index is 0.00128. The van der Waals surface area contributed by atoms with Gasteiger partial charge in [-0.2, -0.15) is 0 Å². The van der Waals surface area contributed by atoms with Crippen LogP contribution in [0.2, 0.25) is 0 Å². The van der Waals surface area contributed by atoms with Gasteiger partial charge in [0, 0.05) is 19.0 Å². The van der Waals surface area contributed by atoms with Gasteiger partial charge in [-0.15, -0.1) is 0 Å². The summed E-state index contributed by atoms with van der Waals surface area (Å²) in [5.74, 6) is 0.934. The van der Waals surface area contributed by atoms with Crippen LogP contribution in [0.3, 0.4) is 0 Å². The maximum atomic E-state index is 11.8. The summed E-state index contributed by atoms with van der Waals surface area (Å²) in [6, 6.07) is 3.84. The van der Waals surface area contributed by atoms with Gasteiger partial charge in [0.1, 0.15) is 5.82 Å². The highest BCUT2D eigenvalue weighted by atomic mass is 16.2. The van der Waals surface area contributed by atoms with E-state index in [4.69, 9.17) is 0 Å². The Labute approximate surface area is 116 Å². The molecule has 0 bridgehead atoms. The molecule has 1 rings (SSSR count). The number of anilines is 2. The molecule has 0 fully saturated rings. The lowest BCUT2D eigenvalue weighted by Crippen LogP contribution is -2.27. The molecule has 0 aromatic carbocycles. The van der Waals surface area contributed by atoms with E-state index in [1.54, 1.807) is 6.20 Å². The molecule has 0 aliphatic heterocycles. The van der Waals surface area contributed by atoms with Crippen LogP contribution in [0.5, 0.6) is 0 Å². The Hall–Kier alpha value is -1.58. The maximum absolute atomic E-state index is 11.8. The number of amides is 1. The van der Waals surface area contributed by atoms with Gasteiger partial charge in [0.15, 0.2) is 0 Å². The molecule has 4 heteroatoms. The van der Waals surface area contributed by atoms with Crippen LogP contribution in [0.4, 0.5) is 11.5 Å². The standard InChI is InChI=1S/C15H25N3O/c1-6-7-10-18(5)13-9-8-12(11-16-13)17-14(19)15(2,3)4/h8-9,11H,6-7,10H2,1-5H3,(H,17,19). The second kappa shape index (κ2) is 6.55. The van der Waals surface area contributed by atoms with Crippen molar-refractivity contribution in [3.8, 4) is 0 Å². The van der Waals surface area contributed by atoms with Crippen LogP contribution in [-0.2, 0) is 4.79 Å². The van der Waals surface area contributed by atoms with E-state index in [9.17, 15) is 4.79 Å². The van der Waals surface area contributed by atoms with E-state index in [0.717, 1.165) is 24.5 Å². The molecule has 0 aliphatic rings. The van der Waals surface area contributed by atoms with Crippen LogP contribution in [0, 0.1) is 5.41 Å². The lowest BCUT2D eigenvalue weighted by atomic mass is 9.96. The number of hydrogen-bond acceptors (Lipinski definition) is 3. The second-order valence-corrected chi connectivity index (χ2v) is 5.88. The van der Waals surface area contributed by atoms with Gasteiger partial charge in [0.25, 0.3) is 0 Å². The molecule has 0 spiro atoms. The molecule has 1 N–H and O–H groups in total. The summed E-state index contributed by atoms with van der Waals surface area (Å²) < 4.78 is 0. The summed E-state index contributed by atoms with van der Waals surface area (Å²) in [5.41, 5.74) is 0.351. The Morgan fingerprint density at radius 2 is 2.05 bits per heavy atom. The molecule has 0 radical (unpaired) electrons. The van der Waals surface area contributed by atoms with Gasteiger partial charge in [-0.05, 0) is 18.6 Å². The Bertz CT molecular complexity index is 406. The average Bonchev–Trinajstić information content (AvgIpc) is 2.35. The number of nitrogens with one attached hydrogen (secondary N) is 1. The topological polar surface area (TPSA) is 45.2 Å². The smallest absolute Gasteiger partial charge is 0.229 e. The quantitative estimate of drug-likeness (QED) is 0.886. The molecule has 0 aliphatic carbocycles. The molecule has 0 unspecified atom stereocenters. The first-order valence-corrected chi connectivity index (χ1v) is 6.83. The molecule has 0 saturated heterocycles. The highest BCUT2D eigenvalue weighted by Crippen LogP contribution is 2.18. The molecule has 106 valence electrons. The van der Waals surface area contributed by atoms with E-state index in [0.29, 0.717) is 0 Å². The Kier molecular flexibility index (Phi) is 5.33. The predicted octanol–water partition coefficient (Wildman–Crippen LogP) is 3.30. The maximum Gasteiger partial charge on any atom is 0.229 e. The Balaban J connectivity index is 2.64. The van der Waals surface area contributed by atoms with Gasteiger partial charge < -0.3 is 10.2 Å². The first kappa shape index (κ1) is 15.5. The molecular formula is C15H25N3O. The second-order valence-electron chi connectivity index (χ2n) is 5.88. The zero-order chi connectivity index (χ0) is 14.5. The summed E-state index contributed by atoms with van der Waals surface area (Å²) in [5, 5.41) is 2.87. The molecule has 1 aromatic heterocycles. The van der Waals surface area contributed by atoms with E-state index in [1.165, 1.54) is 6.42 Å². The lowest BCUT2D eigenvalue weighted by Gasteiger charge is -2.19. The van der Waals surface area contributed by atoms with Crippen molar-refractivity contribution < 1.29 is 4.79 Å². The molecule has 1 amide bonds. The van der Waals surface area contributed by atoms with Crippen LogP contribution in [-0.4, -0.2) is 24.5 Å². The highest BCUT2D eigenvalue weighted by molar-refractivity contribution is 5.94. The van der Waals surface area contributed by atoms with Gasteiger partial charge in [-0.25, -0.2) is 4.98 Å². The van der Waals surface area contributed by atoms with Crippen molar-refractivity contribution in [1.82, 2.24) is 4.98 Å². The van der Waals surface area contributed by atoms with Gasteiger partial charge in [-0.3, -0.25) is 4.79 Å². The van der Waals surface area contributed by atoms with Gasteiger partial charge in [0.05, 0.1) is 11.9 Å². The number of nitrogens with zero attached hydrogens (tertiary/aromatic N) is 2. The predicted molar refractivity (Wildman–Crippen MR) is 80.5 cm³/mol. The summed E-state index contributed by atoms with van der Waals surface area (Å²) in [6.07, 6.45) is 4.03. The molecular weight excluding hydrogens is 238 g/mol. The van der Waals surface area contributed by atoms with Gasteiger partial charge in [0.2, 0.25) is 5.91 Å². The van der Waals surface area contributed by atoms with E-state index in [1.807, 2.05) is 40.0 Å². The first-order valence-electron chi connectivity index (χ1n) is 6.83. The van der Waals surface area contributed by atoms with Crippen molar-refractivity contribution >= 4 is 17.4 Å². The average molecular weight is 263 g/mol. The monoisotopic (exact) mass is 263 g/mol. The van der Waals surface area contributed by atoms with Crippen molar-refractivity contribution in [2.45, 2.75) is 40.5 Å². The van der Waals surface area contributed by atoms with Crippen LogP contribution in [0.15, 0.2) is 18.3 Å². The van der Waals surface area contributed by atoms with Crippen LogP contribution >= 0.6 is 0 Å². The molecule has 4 nitrogen and oxygen atoms in total. The fraction of sp³-hybridized carbons (Fsp3) is 0.600. The molecule has 1 heterocycles. The van der Waals surface area contributed by atoms with Crippen LogP contribution in [0.25, 0.3) is 0 Å². The lowest BCUT2D eigenvalue weighted by molar-refractivity contribution is -0.123. The zero-order valence-electron chi connectivity index (χ0n) is 12.7. The van der Waals surface area contributed by atoms with E-state index < -0.39 is 5.41 Å². The molecule has 0 saturated carbocycles. The van der Waals surface area contributed by atoms with Crippen molar-refractivity contribution in [2.24, 2.45) is 5.41 Å². The fourth-order valence-corrected chi connectivity index (χ4v) is 1.51. The zero-order valence-corrected chi connectivity index (χ0v) is 12.7. The van der Waals surface area contributed by atoms with Crippen LogP contribution in [0.1, 0.15) is 40.5 Å². The number of carbonyl (C=O) groups is 1. The fourth-order valence-electron chi connectivity index (χ4n) is 1.51. The number of hydrogen-bond donors (Lipinski definition) is 1. The van der Waals surface area contributed by atoms with Crippen LogP contribution < -0.4 is 10.2 Å². The normalized spacial score (nSPS) is 11.2. The minimum Gasteiger partial charge on any atom is -0.360 e. The Morgan fingerprint density at radius 3 is 2.53 bits per heavy atom. The summed E-state index contributed by atoms with van der Waals surface area (Å²) in [6.45, 7) is 8.84. The third kappa shape index (κ3) is 4.89. The minimum atomic E-state index is -0.392. The third-order valence-corrected chi connectivity index (χ3v) is 2.93. The van der Waals surface area contributed by atoms with Crippen molar-refractivity contribution in [1.29, 1.82) is 0 Å². The molecule has 1 aromatic rings. The van der Waals surface area contributed by atoms with Gasteiger partial charge in [-0.1, -0.05) is 34.1 Å². The summed E-state index contributed by atoms with van der Waals surface area (Å²) in [4.78, 5) is 18.3. The largest absolute Gasteiger partial charge is 0.360 e. The van der Waals surface area contributed by atoms with Gasteiger partial charge >= 0.3 is 0 Å². The van der Waals surface area contributed by atoms with E-state index in [-0.39, 0.29) is 5.91 Å². The first-order chi connectivity index (χ1) is 8.84. The van der Waals surface area contributed by atoms with Crippen molar-refractivity contribution in [3.63, 3.8) is 0 Å². The number of unbranched alkanes of at least 4 members (excludes halogenated alkanes) is 1. The summed E-state index contributed by atoms with van der Waals surface area (Å²) >= 11 is 0. The number of pyridine rings is 1. The number of carbonyl (C=O) groups excluding carboxylic acids is 1. The number of aromatic nitrogens is 1.